The number of aliphatic hydroxyl groups is 1. The Morgan fingerprint density at radius 2 is 2.00 bits per heavy atom. The number of likely N-dealkylation sites (tertiary alicyclic amines) is 1. The number of ether oxygens (including phenoxy) is 1. The minimum Gasteiger partial charge on any atom is -0.491 e. The fourth-order valence-electron chi connectivity index (χ4n) is 3.23. The molecule has 1 saturated heterocycles. The van der Waals surface area contributed by atoms with E-state index in [9.17, 15) is 23.1 Å². The van der Waals surface area contributed by atoms with E-state index in [4.69, 9.17) is 0 Å². The molecule has 2 heterocycles. The van der Waals surface area contributed by atoms with E-state index in [2.05, 4.69) is 9.72 Å². The smallest absolute Gasteiger partial charge is 0.265 e. The van der Waals surface area contributed by atoms with Gasteiger partial charge in [-0.05, 0) is 6.07 Å². The molecule has 25 heavy (non-hydrogen) atoms. The number of hydrogen-bond donors (Lipinski definition) is 1. The van der Waals surface area contributed by atoms with Crippen LogP contribution in [0.3, 0.4) is 0 Å². The van der Waals surface area contributed by atoms with Crippen LogP contribution in [0.15, 0.2) is 12.3 Å². The molecule has 1 unspecified atom stereocenters. The van der Waals surface area contributed by atoms with E-state index in [-0.39, 0.29) is 39.3 Å². The summed E-state index contributed by atoms with van der Waals surface area (Å²) in [5.41, 5.74) is -0.264. The van der Waals surface area contributed by atoms with Gasteiger partial charge in [-0.2, -0.15) is 4.39 Å². The molecule has 1 saturated carbocycles. The number of carbonyl (C=O) groups excluding carboxylic acids is 1. The Balaban J connectivity index is 1.62. The number of piperidine rings is 1. The average molecular weight is 370 g/mol. The van der Waals surface area contributed by atoms with Crippen LogP contribution in [0.1, 0.15) is 9.67 Å². The third kappa shape index (κ3) is 2.49. The third-order valence-corrected chi connectivity index (χ3v) is 5.72. The van der Waals surface area contributed by atoms with Crippen LogP contribution in [-0.2, 0) is 0 Å². The summed E-state index contributed by atoms with van der Waals surface area (Å²) in [4.78, 5) is 18.3. The van der Waals surface area contributed by atoms with Crippen molar-refractivity contribution in [2.24, 2.45) is 11.8 Å². The fraction of sp³-hybridized carbons (Fsp3) is 0.375. The van der Waals surface area contributed by atoms with Crippen LogP contribution in [0, 0.1) is 29.3 Å². The van der Waals surface area contributed by atoms with Gasteiger partial charge in [-0.25, -0.2) is 13.8 Å². The van der Waals surface area contributed by atoms with Crippen LogP contribution in [0.5, 0.6) is 5.75 Å². The van der Waals surface area contributed by atoms with Gasteiger partial charge < -0.3 is 14.7 Å². The van der Waals surface area contributed by atoms with Gasteiger partial charge >= 0.3 is 0 Å². The van der Waals surface area contributed by atoms with Crippen LogP contribution in [-0.4, -0.2) is 47.2 Å². The molecule has 1 amide bonds. The quantitative estimate of drug-likeness (QED) is 0.843. The standard InChI is InChI=1S/C16H13F3N2O3S/c1-24-14-11(18)6(2-9(17)12(14)19)15-20-3-10(25-15)16(23)21-4-7-8(5-21)13(7)22/h2-3,7-8,13,22H,4-5H2,1H3/t7-,8+,13?. The first-order valence-electron chi connectivity index (χ1n) is 7.57. The lowest BCUT2D eigenvalue weighted by atomic mass is 10.2. The molecule has 132 valence electrons. The fourth-order valence-corrected chi connectivity index (χ4v) is 4.12. The number of rotatable bonds is 3. The number of hydrogen-bond acceptors (Lipinski definition) is 5. The summed E-state index contributed by atoms with van der Waals surface area (Å²) in [6, 6.07) is 0.696. The molecule has 1 N–H and O–H groups in total. The summed E-state index contributed by atoms with van der Waals surface area (Å²) in [6.45, 7) is 0.955. The molecule has 1 aliphatic heterocycles. The predicted molar refractivity (Wildman–Crippen MR) is 82.9 cm³/mol. The first kappa shape index (κ1) is 16.3. The molecule has 2 fully saturated rings. The Bertz CT molecular complexity index is 861. The predicted octanol–water partition coefficient (Wildman–Crippen LogP) is 2.30. The molecule has 4 rings (SSSR count). The van der Waals surface area contributed by atoms with E-state index >= 15 is 0 Å². The number of benzene rings is 1. The van der Waals surface area contributed by atoms with Gasteiger partial charge in [0.15, 0.2) is 17.4 Å². The third-order valence-electron chi connectivity index (χ3n) is 4.70. The number of methoxy groups -OCH3 is 1. The molecule has 2 aromatic rings. The normalized spacial score (nSPS) is 24.4. The molecule has 0 bridgehead atoms. The highest BCUT2D eigenvalue weighted by Gasteiger charge is 2.56. The maximum atomic E-state index is 14.3. The van der Waals surface area contributed by atoms with Gasteiger partial charge in [-0.15, -0.1) is 11.3 Å². The highest BCUT2D eigenvalue weighted by Crippen LogP contribution is 2.46. The number of aromatic nitrogens is 1. The minimum absolute atomic E-state index is 0.0578. The lowest BCUT2D eigenvalue weighted by Crippen LogP contribution is -2.31. The zero-order valence-corrected chi connectivity index (χ0v) is 13.8. The van der Waals surface area contributed by atoms with Gasteiger partial charge in [0.2, 0.25) is 5.82 Å². The second-order valence-electron chi connectivity index (χ2n) is 6.13. The van der Waals surface area contributed by atoms with Crippen LogP contribution >= 0.6 is 11.3 Å². The van der Waals surface area contributed by atoms with E-state index in [1.165, 1.54) is 6.20 Å². The van der Waals surface area contributed by atoms with Crippen molar-refractivity contribution < 1.29 is 27.8 Å². The summed E-state index contributed by atoms with van der Waals surface area (Å²) in [5, 5.41) is 9.59. The molecular weight excluding hydrogens is 357 g/mol. The molecule has 3 atom stereocenters. The van der Waals surface area contributed by atoms with Crippen LogP contribution < -0.4 is 4.74 Å². The van der Waals surface area contributed by atoms with Gasteiger partial charge in [0, 0.05) is 24.9 Å². The largest absolute Gasteiger partial charge is 0.491 e. The summed E-state index contributed by atoms with van der Waals surface area (Å²) >= 11 is 0.896. The first-order valence-corrected chi connectivity index (χ1v) is 8.39. The Morgan fingerprint density at radius 3 is 2.64 bits per heavy atom. The van der Waals surface area contributed by atoms with Crippen molar-refractivity contribution in [2.75, 3.05) is 20.2 Å². The van der Waals surface area contributed by atoms with Gasteiger partial charge in [0.05, 0.1) is 25.0 Å². The molecule has 0 spiro atoms. The molecule has 1 aliphatic carbocycles. The first-order chi connectivity index (χ1) is 11.9. The molecule has 2 aliphatic rings. The topological polar surface area (TPSA) is 62.7 Å². The van der Waals surface area contributed by atoms with E-state index < -0.39 is 23.2 Å². The number of carbonyl (C=O) groups is 1. The lowest BCUT2D eigenvalue weighted by molar-refractivity contribution is 0.0751. The minimum atomic E-state index is -1.41. The summed E-state index contributed by atoms with van der Waals surface area (Å²) < 4.78 is 46.1. The molecule has 9 heteroatoms. The maximum Gasteiger partial charge on any atom is 0.265 e. The van der Waals surface area contributed by atoms with Crippen molar-refractivity contribution in [2.45, 2.75) is 6.10 Å². The van der Waals surface area contributed by atoms with Gasteiger partial charge in [0.1, 0.15) is 9.88 Å². The summed E-state index contributed by atoms with van der Waals surface area (Å²) in [5.74, 6) is -4.57. The Morgan fingerprint density at radius 1 is 1.32 bits per heavy atom. The number of fused-ring (bicyclic) bond motifs is 1. The zero-order chi connectivity index (χ0) is 17.9. The Labute approximate surface area is 144 Å². The van der Waals surface area contributed by atoms with E-state index in [1.807, 2.05) is 0 Å². The van der Waals surface area contributed by atoms with Crippen molar-refractivity contribution in [3.05, 3.63) is 34.6 Å². The number of amides is 1. The maximum absolute atomic E-state index is 14.3. The van der Waals surface area contributed by atoms with Crippen molar-refractivity contribution in [1.82, 2.24) is 9.88 Å². The highest BCUT2D eigenvalue weighted by molar-refractivity contribution is 7.16. The van der Waals surface area contributed by atoms with Crippen molar-refractivity contribution in [3.63, 3.8) is 0 Å². The molecule has 5 nitrogen and oxygen atoms in total. The second kappa shape index (κ2) is 5.70. The molecular formula is C16H13F3N2O3S. The van der Waals surface area contributed by atoms with Crippen LogP contribution in [0.2, 0.25) is 0 Å². The SMILES string of the molecule is COc1c(F)c(F)cc(-c2ncc(C(=O)N3C[C@@H]4C(O)[C@@H]4C3)s2)c1F. The number of aliphatic hydroxyl groups excluding tert-OH is 1. The van der Waals surface area contributed by atoms with E-state index in [0.29, 0.717) is 19.2 Å². The van der Waals surface area contributed by atoms with Crippen molar-refractivity contribution >= 4 is 17.2 Å². The Kier molecular flexibility index (Phi) is 3.73. The van der Waals surface area contributed by atoms with Crippen LogP contribution in [0.25, 0.3) is 10.6 Å². The summed E-state index contributed by atoms with van der Waals surface area (Å²) in [7, 11) is 1.04. The number of halogens is 3. The van der Waals surface area contributed by atoms with Gasteiger partial charge in [-0.3, -0.25) is 4.79 Å². The van der Waals surface area contributed by atoms with Crippen molar-refractivity contribution in [3.8, 4) is 16.3 Å². The van der Waals surface area contributed by atoms with Crippen LogP contribution in [0.4, 0.5) is 13.2 Å². The Hall–Kier alpha value is -2.13. The lowest BCUT2D eigenvalue weighted by Gasteiger charge is -2.17. The number of thiazole rings is 1. The monoisotopic (exact) mass is 370 g/mol. The summed E-state index contributed by atoms with van der Waals surface area (Å²) in [6.07, 6.45) is 0.959. The zero-order valence-electron chi connectivity index (χ0n) is 13.0. The van der Waals surface area contributed by atoms with Crippen molar-refractivity contribution in [1.29, 1.82) is 0 Å². The van der Waals surface area contributed by atoms with E-state index in [1.54, 1.807) is 4.90 Å². The van der Waals surface area contributed by atoms with Gasteiger partial charge in [0.25, 0.3) is 5.91 Å². The highest BCUT2D eigenvalue weighted by atomic mass is 32.1. The molecule has 1 aromatic carbocycles. The molecule has 0 radical (unpaired) electrons. The van der Waals surface area contributed by atoms with Gasteiger partial charge in [-0.1, -0.05) is 0 Å². The second-order valence-corrected chi connectivity index (χ2v) is 7.16. The van der Waals surface area contributed by atoms with E-state index in [0.717, 1.165) is 18.4 Å². The molecule has 1 aromatic heterocycles. The average Bonchev–Trinajstić information content (AvgIpc) is 3.05. The number of nitrogens with zero attached hydrogens (tertiary/aromatic N) is 2.